The molecule has 1 aliphatic carbocycles. The van der Waals surface area contributed by atoms with E-state index in [1.807, 2.05) is 19.1 Å². The average Bonchev–Trinajstić information content (AvgIpc) is 3.26. The van der Waals surface area contributed by atoms with Crippen LogP contribution in [0.15, 0.2) is 30.5 Å². The summed E-state index contributed by atoms with van der Waals surface area (Å²) in [5, 5.41) is 3.31. The number of halogens is 1. The van der Waals surface area contributed by atoms with Crippen LogP contribution in [0.5, 0.6) is 0 Å². The minimum absolute atomic E-state index is 0.00653. The van der Waals surface area contributed by atoms with Gasteiger partial charge in [-0.15, -0.1) is 0 Å². The Morgan fingerprint density at radius 2 is 2.10 bits per heavy atom. The second-order valence-corrected chi connectivity index (χ2v) is 5.45. The Labute approximate surface area is 118 Å². The molecule has 1 heterocycles. The summed E-state index contributed by atoms with van der Waals surface area (Å²) in [5.41, 5.74) is 1.58. The first-order valence-corrected chi connectivity index (χ1v) is 6.99. The molecule has 104 valence electrons. The lowest BCUT2D eigenvalue weighted by atomic mass is 10.1. The van der Waals surface area contributed by atoms with Gasteiger partial charge in [-0.2, -0.15) is 0 Å². The lowest BCUT2D eigenvalue weighted by molar-refractivity contribution is 0.614. The van der Waals surface area contributed by atoms with Crippen LogP contribution < -0.4 is 5.32 Å². The van der Waals surface area contributed by atoms with E-state index in [9.17, 15) is 4.39 Å². The van der Waals surface area contributed by atoms with Crippen molar-refractivity contribution < 1.29 is 4.39 Å². The summed E-state index contributed by atoms with van der Waals surface area (Å²) in [6.07, 6.45) is 4.15. The third kappa shape index (κ3) is 2.79. The molecule has 20 heavy (non-hydrogen) atoms. The molecule has 0 aliphatic heterocycles. The van der Waals surface area contributed by atoms with E-state index in [4.69, 9.17) is 0 Å². The molecule has 3 nitrogen and oxygen atoms in total. The predicted molar refractivity (Wildman–Crippen MR) is 77.2 cm³/mol. The number of hydrogen-bond acceptors (Lipinski definition) is 3. The molecule has 0 amide bonds. The van der Waals surface area contributed by atoms with Crippen LogP contribution in [0, 0.1) is 12.7 Å². The Balaban J connectivity index is 1.76. The van der Waals surface area contributed by atoms with Crippen molar-refractivity contribution in [2.75, 3.05) is 5.32 Å². The first-order chi connectivity index (χ1) is 9.63. The molecule has 1 fully saturated rings. The van der Waals surface area contributed by atoms with Gasteiger partial charge in [0.1, 0.15) is 17.5 Å². The van der Waals surface area contributed by atoms with Crippen molar-refractivity contribution in [3.63, 3.8) is 0 Å². The monoisotopic (exact) mass is 271 g/mol. The molecule has 0 spiro atoms. The van der Waals surface area contributed by atoms with E-state index in [2.05, 4.69) is 15.3 Å². The Morgan fingerprint density at radius 1 is 1.30 bits per heavy atom. The van der Waals surface area contributed by atoms with Crippen LogP contribution in [0.25, 0.3) is 0 Å². The van der Waals surface area contributed by atoms with Gasteiger partial charge in [0.2, 0.25) is 0 Å². The number of benzene rings is 1. The molecule has 0 radical (unpaired) electrons. The van der Waals surface area contributed by atoms with Crippen LogP contribution in [0.3, 0.4) is 0 Å². The highest BCUT2D eigenvalue weighted by Gasteiger charge is 2.26. The highest BCUT2D eigenvalue weighted by atomic mass is 19.1. The summed E-state index contributed by atoms with van der Waals surface area (Å²) in [6, 6.07) is 7.19. The zero-order valence-electron chi connectivity index (χ0n) is 11.7. The topological polar surface area (TPSA) is 37.8 Å². The summed E-state index contributed by atoms with van der Waals surface area (Å²) < 4.78 is 13.6. The average molecular weight is 271 g/mol. The fourth-order valence-electron chi connectivity index (χ4n) is 2.18. The Morgan fingerprint density at radius 3 is 2.80 bits per heavy atom. The van der Waals surface area contributed by atoms with Crippen LogP contribution >= 0.6 is 0 Å². The number of rotatable bonds is 4. The summed E-state index contributed by atoms with van der Waals surface area (Å²) in [7, 11) is 0. The molecule has 1 unspecified atom stereocenters. The van der Waals surface area contributed by atoms with Gasteiger partial charge in [0.25, 0.3) is 0 Å². The van der Waals surface area contributed by atoms with Gasteiger partial charge in [0.05, 0.1) is 6.04 Å². The molecule has 2 aromatic rings. The Kier molecular flexibility index (Phi) is 3.38. The molecular formula is C16H18FN3. The number of aromatic nitrogens is 2. The molecule has 1 aromatic heterocycles. The van der Waals surface area contributed by atoms with Crippen molar-refractivity contribution in [1.82, 2.24) is 9.97 Å². The SMILES string of the molecule is Cc1ccc(C(C)Nc2ccnc(C3CC3)n2)cc1F. The van der Waals surface area contributed by atoms with E-state index in [0.29, 0.717) is 11.5 Å². The van der Waals surface area contributed by atoms with Crippen molar-refractivity contribution in [3.05, 3.63) is 53.2 Å². The van der Waals surface area contributed by atoms with Gasteiger partial charge in [-0.25, -0.2) is 14.4 Å². The third-order valence-electron chi connectivity index (χ3n) is 3.68. The van der Waals surface area contributed by atoms with Crippen LogP contribution in [0.2, 0.25) is 0 Å². The lowest BCUT2D eigenvalue weighted by Crippen LogP contribution is -2.09. The minimum Gasteiger partial charge on any atom is -0.363 e. The number of hydrogen-bond donors (Lipinski definition) is 1. The summed E-state index contributed by atoms with van der Waals surface area (Å²) in [6.45, 7) is 3.77. The molecule has 0 saturated heterocycles. The standard InChI is InChI=1S/C16H18FN3/c1-10-3-4-13(9-14(10)17)11(2)19-15-7-8-18-16(20-15)12-5-6-12/h3-4,7-9,11-12H,5-6H2,1-2H3,(H,18,19,20). The fraction of sp³-hybridized carbons (Fsp3) is 0.375. The van der Waals surface area contributed by atoms with E-state index in [1.54, 1.807) is 25.3 Å². The van der Waals surface area contributed by atoms with Crippen LogP contribution in [-0.2, 0) is 0 Å². The highest BCUT2D eigenvalue weighted by molar-refractivity contribution is 5.38. The largest absolute Gasteiger partial charge is 0.363 e. The zero-order chi connectivity index (χ0) is 14.1. The molecule has 1 aliphatic rings. The normalized spacial score (nSPS) is 15.9. The Hall–Kier alpha value is -1.97. The van der Waals surface area contributed by atoms with Gasteiger partial charge < -0.3 is 5.32 Å². The van der Waals surface area contributed by atoms with Gasteiger partial charge in [-0.3, -0.25) is 0 Å². The van der Waals surface area contributed by atoms with Gasteiger partial charge >= 0.3 is 0 Å². The molecule has 1 saturated carbocycles. The molecule has 1 atom stereocenters. The first kappa shape index (κ1) is 13.0. The summed E-state index contributed by atoms with van der Waals surface area (Å²) >= 11 is 0. The zero-order valence-corrected chi connectivity index (χ0v) is 11.7. The maximum absolute atomic E-state index is 13.6. The lowest BCUT2D eigenvalue weighted by Gasteiger charge is -2.16. The van der Waals surface area contributed by atoms with Crippen molar-refractivity contribution in [1.29, 1.82) is 0 Å². The van der Waals surface area contributed by atoms with E-state index in [1.165, 1.54) is 12.8 Å². The van der Waals surface area contributed by atoms with E-state index >= 15 is 0 Å². The fourth-order valence-corrected chi connectivity index (χ4v) is 2.18. The third-order valence-corrected chi connectivity index (χ3v) is 3.68. The summed E-state index contributed by atoms with van der Waals surface area (Å²) in [4.78, 5) is 8.82. The van der Waals surface area contributed by atoms with Crippen molar-refractivity contribution >= 4 is 5.82 Å². The highest BCUT2D eigenvalue weighted by Crippen LogP contribution is 2.38. The van der Waals surface area contributed by atoms with E-state index in [-0.39, 0.29) is 11.9 Å². The molecule has 3 rings (SSSR count). The predicted octanol–water partition coefficient (Wildman–Crippen LogP) is 3.97. The molecule has 1 aromatic carbocycles. The first-order valence-electron chi connectivity index (χ1n) is 6.99. The molecule has 4 heteroatoms. The molecule has 0 bridgehead atoms. The van der Waals surface area contributed by atoms with Gasteiger partial charge in [-0.1, -0.05) is 12.1 Å². The number of nitrogens with zero attached hydrogens (tertiary/aromatic N) is 2. The number of anilines is 1. The smallest absolute Gasteiger partial charge is 0.133 e. The Bertz CT molecular complexity index is 623. The van der Waals surface area contributed by atoms with Gasteiger partial charge in [0, 0.05) is 12.1 Å². The minimum atomic E-state index is -0.169. The maximum Gasteiger partial charge on any atom is 0.133 e. The second kappa shape index (κ2) is 5.19. The molecular weight excluding hydrogens is 253 g/mol. The van der Waals surface area contributed by atoms with Crippen LogP contribution in [0.1, 0.15) is 48.7 Å². The molecule has 1 N–H and O–H groups in total. The van der Waals surface area contributed by atoms with Crippen LogP contribution in [-0.4, -0.2) is 9.97 Å². The number of aryl methyl sites for hydroxylation is 1. The maximum atomic E-state index is 13.6. The second-order valence-electron chi connectivity index (χ2n) is 5.45. The summed E-state index contributed by atoms with van der Waals surface area (Å²) in [5.74, 6) is 2.08. The van der Waals surface area contributed by atoms with E-state index in [0.717, 1.165) is 17.2 Å². The van der Waals surface area contributed by atoms with Crippen LogP contribution in [0.4, 0.5) is 10.2 Å². The van der Waals surface area contributed by atoms with Gasteiger partial charge in [-0.05, 0) is 49.9 Å². The number of nitrogens with one attached hydrogen (secondary N) is 1. The van der Waals surface area contributed by atoms with Crippen molar-refractivity contribution in [2.45, 2.75) is 38.6 Å². The van der Waals surface area contributed by atoms with Crippen molar-refractivity contribution in [3.8, 4) is 0 Å². The van der Waals surface area contributed by atoms with E-state index < -0.39 is 0 Å². The quantitative estimate of drug-likeness (QED) is 0.914. The van der Waals surface area contributed by atoms with Crippen molar-refractivity contribution in [2.24, 2.45) is 0 Å². The van der Waals surface area contributed by atoms with Gasteiger partial charge in [0.15, 0.2) is 0 Å².